The molecule has 18 heavy (non-hydrogen) atoms. The molecule has 1 aromatic rings. The number of aromatic nitrogens is 1. The third-order valence-electron chi connectivity index (χ3n) is 1.83. The highest BCUT2D eigenvalue weighted by Gasteiger charge is 2.29. The van der Waals surface area contributed by atoms with Crippen molar-refractivity contribution in [2.75, 3.05) is 11.9 Å². The molecular formula is C10H12F3N3O2. The maximum atomic E-state index is 12.0. The Kier molecular flexibility index (Phi) is 4.49. The summed E-state index contributed by atoms with van der Waals surface area (Å²) >= 11 is 0. The monoisotopic (exact) mass is 263 g/mol. The van der Waals surface area contributed by atoms with Gasteiger partial charge in [0.05, 0.1) is 0 Å². The van der Waals surface area contributed by atoms with Gasteiger partial charge in [0.2, 0.25) is 11.8 Å². The van der Waals surface area contributed by atoms with Crippen LogP contribution in [0.15, 0.2) is 12.3 Å². The average Bonchev–Trinajstić information content (AvgIpc) is 2.25. The minimum absolute atomic E-state index is 0.0645. The highest BCUT2D eigenvalue weighted by Crippen LogP contribution is 2.25. The number of nitrogens with zero attached hydrogens (tertiary/aromatic N) is 1. The van der Waals surface area contributed by atoms with E-state index in [0.717, 1.165) is 0 Å². The van der Waals surface area contributed by atoms with Gasteiger partial charge in [-0.05, 0) is 11.6 Å². The first-order valence-electron chi connectivity index (χ1n) is 4.98. The number of hydrogen-bond donors (Lipinski definition) is 2. The van der Waals surface area contributed by atoms with Crippen molar-refractivity contribution in [3.63, 3.8) is 0 Å². The molecule has 0 radical (unpaired) electrons. The number of rotatable bonds is 4. The molecule has 100 valence electrons. The number of carbonyl (C=O) groups is 1. The summed E-state index contributed by atoms with van der Waals surface area (Å²) < 4.78 is 40.6. The van der Waals surface area contributed by atoms with Crippen LogP contribution >= 0.6 is 0 Å². The van der Waals surface area contributed by atoms with Gasteiger partial charge in [0, 0.05) is 19.7 Å². The molecule has 0 spiro atoms. The van der Waals surface area contributed by atoms with E-state index in [0.29, 0.717) is 5.56 Å². The fraction of sp³-hybridized carbons (Fsp3) is 0.400. The Morgan fingerprint density at radius 1 is 1.56 bits per heavy atom. The first-order valence-corrected chi connectivity index (χ1v) is 4.98. The van der Waals surface area contributed by atoms with Crippen LogP contribution in [0.5, 0.6) is 5.88 Å². The van der Waals surface area contributed by atoms with E-state index in [1.165, 1.54) is 19.2 Å². The van der Waals surface area contributed by atoms with E-state index in [1.807, 2.05) is 0 Å². The van der Waals surface area contributed by atoms with Crippen LogP contribution in [0.25, 0.3) is 0 Å². The molecule has 0 aliphatic carbocycles. The Morgan fingerprint density at radius 3 is 2.72 bits per heavy atom. The Bertz CT molecular complexity index is 435. The maximum absolute atomic E-state index is 12.0. The van der Waals surface area contributed by atoms with Crippen molar-refractivity contribution in [3.8, 4) is 5.88 Å². The summed E-state index contributed by atoms with van der Waals surface area (Å²) in [5.74, 6) is -0.734. The van der Waals surface area contributed by atoms with Crippen LogP contribution in [0.3, 0.4) is 0 Å². The molecular weight excluding hydrogens is 251 g/mol. The molecule has 0 saturated carbocycles. The predicted molar refractivity (Wildman–Crippen MR) is 58.0 cm³/mol. The van der Waals surface area contributed by atoms with Gasteiger partial charge in [0.15, 0.2) is 6.61 Å². The molecule has 0 saturated heterocycles. The van der Waals surface area contributed by atoms with E-state index >= 15 is 0 Å². The fourth-order valence-corrected chi connectivity index (χ4v) is 1.15. The molecule has 0 fully saturated rings. The third-order valence-corrected chi connectivity index (χ3v) is 1.83. The summed E-state index contributed by atoms with van der Waals surface area (Å²) in [5.41, 5.74) is 6.00. The van der Waals surface area contributed by atoms with Crippen LogP contribution in [0.1, 0.15) is 12.5 Å². The lowest BCUT2D eigenvalue weighted by atomic mass is 10.2. The number of anilines is 1. The molecule has 0 atom stereocenters. The van der Waals surface area contributed by atoms with Crippen LogP contribution in [-0.2, 0) is 11.3 Å². The smallest absolute Gasteiger partial charge is 0.422 e. The quantitative estimate of drug-likeness (QED) is 0.861. The van der Waals surface area contributed by atoms with Crippen molar-refractivity contribution in [2.24, 2.45) is 5.73 Å². The third kappa shape index (κ3) is 4.58. The van der Waals surface area contributed by atoms with E-state index < -0.39 is 18.7 Å². The number of carbonyl (C=O) groups excluding carboxylic acids is 1. The highest BCUT2D eigenvalue weighted by atomic mass is 19.4. The molecule has 5 nitrogen and oxygen atoms in total. The molecule has 1 rings (SSSR count). The minimum atomic E-state index is -4.47. The van der Waals surface area contributed by atoms with E-state index in [1.54, 1.807) is 0 Å². The van der Waals surface area contributed by atoms with Crippen molar-refractivity contribution in [1.29, 1.82) is 0 Å². The zero-order valence-electron chi connectivity index (χ0n) is 9.54. The summed E-state index contributed by atoms with van der Waals surface area (Å²) in [5, 5.41) is 2.34. The molecule has 3 N–H and O–H groups in total. The lowest BCUT2D eigenvalue weighted by Crippen LogP contribution is -2.20. The van der Waals surface area contributed by atoms with Gasteiger partial charge in [0.25, 0.3) is 0 Å². The van der Waals surface area contributed by atoms with Gasteiger partial charge in [-0.3, -0.25) is 4.79 Å². The number of ether oxygens (including phenoxy) is 1. The topological polar surface area (TPSA) is 77.2 Å². The van der Waals surface area contributed by atoms with Crippen molar-refractivity contribution in [1.82, 2.24) is 4.98 Å². The fourth-order valence-electron chi connectivity index (χ4n) is 1.15. The van der Waals surface area contributed by atoms with E-state index in [9.17, 15) is 18.0 Å². The molecule has 0 aliphatic rings. The van der Waals surface area contributed by atoms with Crippen LogP contribution in [0, 0.1) is 0 Å². The molecule has 0 aromatic carbocycles. The normalized spacial score (nSPS) is 11.2. The zero-order valence-corrected chi connectivity index (χ0v) is 9.54. The first kappa shape index (κ1) is 14.2. The van der Waals surface area contributed by atoms with Crippen molar-refractivity contribution in [3.05, 3.63) is 17.8 Å². The largest absolute Gasteiger partial charge is 0.467 e. The van der Waals surface area contributed by atoms with Crippen molar-refractivity contribution >= 4 is 11.6 Å². The van der Waals surface area contributed by atoms with Gasteiger partial charge in [-0.25, -0.2) is 4.98 Å². The summed E-state index contributed by atoms with van der Waals surface area (Å²) in [4.78, 5) is 14.6. The Morgan fingerprint density at radius 2 is 2.22 bits per heavy atom. The summed E-state index contributed by atoms with van der Waals surface area (Å²) in [7, 11) is 0. The van der Waals surface area contributed by atoms with Crippen LogP contribution in [0.2, 0.25) is 0 Å². The number of nitrogens with one attached hydrogen (secondary N) is 1. The second-order valence-electron chi connectivity index (χ2n) is 3.49. The molecule has 1 aromatic heterocycles. The molecule has 0 unspecified atom stereocenters. The number of pyridine rings is 1. The predicted octanol–water partition coefficient (Wildman–Crippen LogP) is 1.44. The Labute approximate surface area is 101 Å². The average molecular weight is 263 g/mol. The zero-order chi connectivity index (χ0) is 13.8. The van der Waals surface area contributed by atoms with E-state index in [2.05, 4.69) is 15.0 Å². The summed E-state index contributed by atoms with van der Waals surface area (Å²) in [6.45, 7) is -0.101. The second-order valence-corrected chi connectivity index (χ2v) is 3.49. The van der Waals surface area contributed by atoms with E-state index in [-0.39, 0.29) is 18.1 Å². The number of amides is 1. The molecule has 1 heterocycles. The van der Waals surface area contributed by atoms with Gasteiger partial charge in [-0.2, -0.15) is 13.2 Å². The van der Waals surface area contributed by atoms with Gasteiger partial charge in [-0.15, -0.1) is 0 Å². The molecule has 1 amide bonds. The van der Waals surface area contributed by atoms with Crippen LogP contribution in [-0.4, -0.2) is 23.7 Å². The maximum Gasteiger partial charge on any atom is 0.422 e. The van der Waals surface area contributed by atoms with Gasteiger partial charge in [0.1, 0.15) is 5.69 Å². The highest BCUT2D eigenvalue weighted by molar-refractivity contribution is 5.90. The number of nitrogens with two attached hydrogens (primary N) is 1. The number of hydrogen-bond acceptors (Lipinski definition) is 4. The van der Waals surface area contributed by atoms with Crippen LogP contribution in [0.4, 0.5) is 18.9 Å². The molecule has 0 aliphatic heterocycles. The Balaban J connectivity index is 2.91. The van der Waals surface area contributed by atoms with Crippen LogP contribution < -0.4 is 15.8 Å². The minimum Gasteiger partial charge on any atom is -0.467 e. The van der Waals surface area contributed by atoms with E-state index in [4.69, 9.17) is 5.73 Å². The van der Waals surface area contributed by atoms with Gasteiger partial charge in [-0.1, -0.05) is 0 Å². The van der Waals surface area contributed by atoms with Gasteiger partial charge >= 0.3 is 6.18 Å². The van der Waals surface area contributed by atoms with Crippen molar-refractivity contribution in [2.45, 2.75) is 19.6 Å². The summed E-state index contributed by atoms with van der Waals surface area (Å²) in [6.07, 6.45) is -3.18. The second kappa shape index (κ2) is 5.67. The first-order chi connectivity index (χ1) is 8.31. The van der Waals surface area contributed by atoms with Gasteiger partial charge < -0.3 is 15.8 Å². The number of alkyl halides is 3. The number of halogens is 3. The summed E-state index contributed by atoms with van der Waals surface area (Å²) in [6, 6.07) is 1.42. The molecule has 0 bridgehead atoms. The lowest BCUT2D eigenvalue weighted by molar-refractivity contribution is -0.153. The Hall–Kier alpha value is -1.83. The molecule has 8 heteroatoms. The SMILES string of the molecule is CC(=O)Nc1cc(CN)cnc1OCC(F)(F)F. The standard InChI is InChI=1S/C10H12F3N3O2/c1-6(17)16-8-2-7(3-14)4-15-9(8)18-5-10(11,12)13/h2,4H,3,5,14H2,1H3,(H,16,17). The van der Waals surface area contributed by atoms with Crippen molar-refractivity contribution < 1.29 is 22.7 Å². The lowest BCUT2D eigenvalue weighted by Gasteiger charge is -2.13.